The molecule has 0 aliphatic heterocycles. The molecule has 1 amide bonds. The number of aryl methyl sites for hydroxylation is 2. The minimum absolute atomic E-state index is 0.145. The zero-order chi connectivity index (χ0) is 18.3. The second-order valence-electron chi connectivity index (χ2n) is 6.06. The van der Waals surface area contributed by atoms with Crippen LogP contribution in [0.3, 0.4) is 0 Å². The Morgan fingerprint density at radius 1 is 1.15 bits per heavy atom. The number of fused-ring (bicyclic) bond motifs is 1. The van der Waals surface area contributed by atoms with Crippen LogP contribution in [0.15, 0.2) is 45.6 Å². The largest absolute Gasteiger partial charge is 0.467 e. The molecule has 1 atom stereocenters. The molecule has 0 aromatic carbocycles. The van der Waals surface area contributed by atoms with E-state index in [-0.39, 0.29) is 11.9 Å². The first-order chi connectivity index (χ1) is 12.5. The number of rotatable bonds is 4. The van der Waals surface area contributed by atoms with Gasteiger partial charge in [-0.1, -0.05) is 0 Å². The Kier molecular flexibility index (Phi) is 4.08. The minimum atomic E-state index is -0.215. The standard InChI is InChI=1S/C19H17N3O3S/c1-10-15-12(3)20-17(14-7-5-9-25-14)22-19(15)26-16(10)18(23)21-11(2)13-6-4-8-24-13/h4-9,11H,1-3H3,(H,21,23). The van der Waals surface area contributed by atoms with Crippen LogP contribution in [0.25, 0.3) is 21.8 Å². The zero-order valence-corrected chi connectivity index (χ0v) is 15.4. The second-order valence-corrected chi connectivity index (χ2v) is 7.06. The van der Waals surface area contributed by atoms with E-state index in [9.17, 15) is 4.79 Å². The predicted molar refractivity (Wildman–Crippen MR) is 99.2 cm³/mol. The van der Waals surface area contributed by atoms with Gasteiger partial charge in [0.1, 0.15) is 10.6 Å². The van der Waals surface area contributed by atoms with E-state index >= 15 is 0 Å². The first-order valence-electron chi connectivity index (χ1n) is 8.20. The van der Waals surface area contributed by atoms with E-state index < -0.39 is 0 Å². The molecule has 0 aliphatic carbocycles. The summed E-state index contributed by atoms with van der Waals surface area (Å²) in [7, 11) is 0. The van der Waals surface area contributed by atoms with Gasteiger partial charge in [-0.3, -0.25) is 4.79 Å². The summed E-state index contributed by atoms with van der Waals surface area (Å²) in [5.41, 5.74) is 1.71. The predicted octanol–water partition coefficient (Wildman–Crippen LogP) is 4.65. The molecule has 7 heteroatoms. The van der Waals surface area contributed by atoms with Crippen LogP contribution in [0.2, 0.25) is 0 Å². The van der Waals surface area contributed by atoms with Gasteiger partial charge in [0.05, 0.1) is 29.1 Å². The van der Waals surface area contributed by atoms with Crippen molar-refractivity contribution >= 4 is 27.5 Å². The summed E-state index contributed by atoms with van der Waals surface area (Å²) in [5.74, 6) is 1.71. The highest BCUT2D eigenvalue weighted by Gasteiger charge is 2.22. The maximum Gasteiger partial charge on any atom is 0.262 e. The molecular weight excluding hydrogens is 350 g/mol. The Labute approximate surface area is 153 Å². The van der Waals surface area contributed by atoms with E-state index in [1.807, 2.05) is 32.9 Å². The van der Waals surface area contributed by atoms with Crippen LogP contribution in [0.1, 0.15) is 39.7 Å². The Morgan fingerprint density at radius 2 is 1.92 bits per heavy atom. The van der Waals surface area contributed by atoms with Gasteiger partial charge >= 0.3 is 0 Å². The van der Waals surface area contributed by atoms with Gasteiger partial charge in [-0.05, 0) is 50.6 Å². The fourth-order valence-corrected chi connectivity index (χ4v) is 4.08. The number of carbonyl (C=O) groups excluding carboxylic acids is 1. The van der Waals surface area contributed by atoms with E-state index in [2.05, 4.69) is 15.3 Å². The third-order valence-electron chi connectivity index (χ3n) is 4.24. The summed E-state index contributed by atoms with van der Waals surface area (Å²) < 4.78 is 10.7. The van der Waals surface area contributed by atoms with E-state index in [0.717, 1.165) is 21.5 Å². The van der Waals surface area contributed by atoms with Crippen molar-refractivity contribution in [2.45, 2.75) is 26.8 Å². The van der Waals surface area contributed by atoms with E-state index in [0.29, 0.717) is 22.2 Å². The number of amides is 1. The summed E-state index contributed by atoms with van der Waals surface area (Å²) in [5, 5.41) is 3.89. The number of thiophene rings is 1. The molecule has 4 rings (SSSR count). The van der Waals surface area contributed by atoms with Crippen molar-refractivity contribution in [3.63, 3.8) is 0 Å². The molecule has 0 saturated heterocycles. The molecule has 132 valence electrons. The van der Waals surface area contributed by atoms with Crippen molar-refractivity contribution in [2.75, 3.05) is 0 Å². The number of aromatic nitrogens is 2. The van der Waals surface area contributed by atoms with Crippen molar-refractivity contribution < 1.29 is 13.6 Å². The van der Waals surface area contributed by atoms with Crippen LogP contribution in [-0.2, 0) is 0 Å². The van der Waals surface area contributed by atoms with Gasteiger partial charge in [-0.25, -0.2) is 9.97 Å². The molecule has 26 heavy (non-hydrogen) atoms. The van der Waals surface area contributed by atoms with Crippen molar-refractivity contribution in [2.24, 2.45) is 0 Å². The Hall–Kier alpha value is -2.93. The molecule has 4 heterocycles. The summed E-state index contributed by atoms with van der Waals surface area (Å²) in [4.78, 5) is 23.3. The van der Waals surface area contributed by atoms with Crippen LogP contribution in [-0.4, -0.2) is 15.9 Å². The third kappa shape index (κ3) is 2.80. The van der Waals surface area contributed by atoms with Crippen molar-refractivity contribution in [1.29, 1.82) is 0 Å². The summed E-state index contributed by atoms with van der Waals surface area (Å²) >= 11 is 1.36. The maximum atomic E-state index is 12.8. The molecule has 6 nitrogen and oxygen atoms in total. The molecule has 0 aliphatic rings. The monoisotopic (exact) mass is 367 g/mol. The fraction of sp³-hybridized carbons (Fsp3) is 0.211. The van der Waals surface area contributed by atoms with Crippen molar-refractivity contribution in [3.05, 3.63) is 58.7 Å². The first-order valence-corrected chi connectivity index (χ1v) is 9.02. The van der Waals surface area contributed by atoms with Gasteiger partial charge in [0.2, 0.25) is 0 Å². The number of hydrogen-bond donors (Lipinski definition) is 1. The molecule has 0 bridgehead atoms. The van der Waals surface area contributed by atoms with Gasteiger partial charge in [0.25, 0.3) is 5.91 Å². The number of furan rings is 2. The molecule has 4 aromatic heterocycles. The highest BCUT2D eigenvalue weighted by molar-refractivity contribution is 7.20. The second kappa shape index (κ2) is 6.42. The molecule has 1 unspecified atom stereocenters. The van der Waals surface area contributed by atoms with Crippen LogP contribution < -0.4 is 5.32 Å². The average molecular weight is 367 g/mol. The number of hydrogen-bond acceptors (Lipinski definition) is 6. The first kappa shape index (κ1) is 16.5. The van der Waals surface area contributed by atoms with Crippen LogP contribution in [0.4, 0.5) is 0 Å². The lowest BCUT2D eigenvalue weighted by molar-refractivity contribution is 0.0939. The topological polar surface area (TPSA) is 81.2 Å². The molecule has 0 radical (unpaired) electrons. The summed E-state index contributed by atoms with van der Waals surface area (Å²) in [6.07, 6.45) is 3.19. The normalized spacial score (nSPS) is 12.4. The van der Waals surface area contributed by atoms with Crippen LogP contribution in [0, 0.1) is 13.8 Å². The fourth-order valence-electron chi connectivity index (χ4n) is 2.94. The van der Waals surface area contributed by atoms with Crippen molar-refractivity contribution in [1.82, 2.24) is 15.3 Å². The van der Waals surface area contributed by atoms with Gasteiger partial charge in [-0.15, -0.1) is 11.3 Å². The lowest BCUT2D eigenvalue weighted by atomic mass is 10.1. The SMILES string of the molecule is Cc1nc(-c2ccco2)nc2sc(C(=O)NC(C)c3ccco3)c(C)c12. The summed E-state index contributed by atoms with van der Waals surface area (Å²) in [6, 6.07) is 7.05. The highest BCUT2D eigenvalue weighted by Crippen LogP contribution is 2.33. The number of nitrogens with zero attached hydrogens (tertiary/aromatic N) is 2. The molecule has 0 spiro atoms. The number of nitrogens with one attached hydrogen (secondary N) is 1. The van der Waals surface area contributed by atoms with E-state index in [1.165, 1.54) is 11.3 Å². The van der Waals surface area contributed by atoms with Gasteiger partial charge < -0.3 is 14.2 Å². The Morgan fingerprint density at radius 3 is 2.62 bits per heavy atom. The van der Waals surface area contributed by atoms with Gasteiger partial charge in [0, 0.05) is 5.39 Å². The smallest absolute Gasteiger partial charge is 0.262 e. The number of carbonyl (C=O) groups is 1. The lowest BCUT2D eigenvalue weighted by Gasteiger charge is -2.10. The molecule has 4 aromatic rings. The van der Waals surface area contributed by atoms with E-state index in [1.54, 1.807) is 24.7 Å². The quantitative estimate of drug-likeness (QED) is 0.568. The molecular formula is C19H17N3O3S. The third-order valence-corrected chi connectivity index (χ3v) is 5.42. The highest BCUT2D eigenvalue weighted by atomic mass is 32.1. The minimum Gasteiger partial charge on any atom is -0.467 e. The maximum absolute atomic E-state index is 12.8. The Bertz CT molecular complexity index is 1070. The lowest BCUT2D eigenvalue weighted by Crippen LogP contribution is -2.26. The summed E-state index contributed by atoms with van der Waals surface area (Å²) in [6.45, 7) is 5.73. The van der Waals surface area contributed by atoms with Gasteiger partial charge in [0.15, 0.2) is 11.6 Å². The zero-order valence-electron chi connectivity index (χ0n) is 14.6. The van der Waals surface area contributed by atoms with Crippen LogP contribution in [0.5, 0.6) is 0 Å². The molecule has 0 saturated carbocycles. The molecule has 1 N–H and O–H groups in total. The van der Waals surface area contributed by atoms with Crippen LogP contribution >= 0.6 is 11.3 Å². The van der Waals surface area contributed by atoms with Crippen molar-refractivity contribution in [3.8, 4) is 11.6 Å². The molecule has 0 fully saturated rings. The Balaban J connectivity index is 1.71. The average Bonchev–Trinajstić information content (AvgIpc) is 3.36. The van der Waals surface area contributed by atoms with E-state index in [4.69, 9.17) is 8.83 Å². The van der Waals surface area contributed by atoms with Gasteiger partial charge in [-0.2, -0.15) is 0 Å².